The molecule has 3 aliphatic rings. The molecule has 1 aromatic heterocycles. The van der Waals surface area contributed by atoms with Crippen molar-refractivity contribution in [1.82, 2.24) is 4.98 Å². The van der Waals surface area contributed by atoms with Crippen molar-refractivity contribution in [2.75, 3.05) is 4.90 Å². The summed E-state index contributed by atoms with van der Waals surface area (Å²) >= 11 is 0. The summed E-state index contributed by atoms with van der Waals surface area (Å²) in [6.45, 7) is 0. The molecular formula is C23H20N2O2. The molecule has 1 saturated carbocycles. The summed E-state index contributed by atoms with van der Waals surface area (Å²) in [5, 5.41) is 1.22. The second-order valence-corrected chi connectivity index (χ2v) is 8.05. The number of nitrogens with one attached hydrogen (secondary N) is 1. The smallest absolute Gasteiger partial charge is 0.243 e. The van der Waals surface area contributed by atoms with Crippen LogP contribution in [0.1, 0.15) is 42.4 Å². The normalized spacial score (nSPS) is 29.1. The summed E-state index contributed by atoms with van der Waals surface area (Å²) < 4.78 is 0. The van der Waals surface area contributed by atoms with Gasteiger partial charge in [0.15, 0.2) is 0 Å². The van der Waals surface area contributed by atoms with Crippen LogP contribution in [0.3, 0.4) is 0 Å². The van der Waals surface area contributed by atoms with E-state index in [1.165, 1.54) is 15.8 Å². The van der Waals surface area contributed by atoms with E-state index in [1.54, 1.807) is 0 Å². The van der Waals surface area contributed by atoms with Crippen LogP contribution < -0.4 is 4.90 Å². The van der Waals surface area contributed by atoms with Crippen LogP contribution in [-0.4, -0.2) is 16.8 Å². The molecule has 0 spiro atoms. The molecule has 2 aliphatic carbocycles. The average molecular weight is 356 g/mol. The van der Waals surface area contributed by atoms with Gasteiger partial charge in [-0.3, -0.25) is 9.59 Å². The fourth-order valence-electron chi connectivity index (χ4n) is 5.86. The van der Waals surface area contributed by atoms with Crippen LogP contribution in [0.4, 0.5) is 5.69 Å². The van der Waals surface area contributed by atoms with Crippen LogP contribution >= 0.6 is 0 Å². The summed E-state index contributed by atoms with van der Waals surface area (Å²) in [6.07, 6.45) is 3.27. The molecule has 0 radical (unpaired) electrons. The van der Waals surface area contributed by atoms with Gasteiger partial charge in [-0.1, -0.05) is 42.8 Å². The highest BCUT2D eigenvalue weighted by Crippen LogP contribution is 2.58. The number of para-hydroxylation sites is 2. The molecule has 4 nitrogen and oxygen atoms in total. The lowest BCUT2D eigenvalue weighted by Gasteiger charge is -2.33. The van der Waals surface area contributed by atoms with Gasteiger partial charge < -0.3 is 4.98 Å². The number of H-pyrrole nitrogens is 1. The van der Waals surface area contributed by atoms with Crippen molar-refractivity contribution in [2.45, 2.75) is 31.1 Å². The van der Waals surface area contributed by atoms with Crippen LogP contribution in [0.15, 0.2) is 54.6 Å². The molecule has 1 saturated heterocycles. The van der Waals surface area contributed by atoms with E-state index in [0.717, 1.165) is 30.5 Å². The number of rotatable bonds is 1. The van der Waals surface area contributed by atoms with E-state index < -0.39 is 0 Å². The molecule has 6 rings (SSSR count). The maximum atomic E-state index is 13.5. The Morgan fingerprint density at radius 2 is 1.67 bits per heavy atom. The highest BCUT2D eigenvalue weighted by Gasteiger charge is 2.59. The standard InChI is InChI=1S/C23H20N2O2/c26-22-19-15-11-6-10-14(15)18-16-9-4-5-12-17(16)24-21(18)20(19)23(27)25(22)13-7-2-1-3-8-13/h1-5,7-9,12,14-15,19-20,24H,6,10-11H2/t14-,15-,19-,20+/m0/s1. The van der Waals surface area contributed by atoms with Crippen LogP contribution in [0.2, 0.25) is 0 Å². The fourth-order valence-corrected chi connectivity index (χ4v) is 5.86. The van der Waals surface area contributed by atoms with Gasteiger partial charge in [0.25, 0.3) is 0 Å². The first-order valence-electron chi connectivity index (χ1n) is 9.79. The van der Waals surface area contributed by atoms with Crippen LogP contribution in [-0.2, 0) is 9.59 Å². The van der Waals surface area contributed by atoms with E-state index in [4.69, 9.17) is 0 Å². The van der Waals surface area contributed by atoms with Gasteiger partial charge >= 0.3 is 0 Å². The van der Waals surface area contributed by atoms with E-state index in [9.17, 15) is 9.59 Å². The molecule has 1 N–H and O–H groups in total. The molecule has 27 heavy (non-hydrogen) atoms. The van der Waals surface area contributed by atoms with Gasteiger partial charge in [0.1, 0.15) is 0 Å². The topological polar surface area (TPSA) is 53.2 Å². The molecule has 2 heterocycles. The largest absolute Gasteiger partial charge is 0.357 e. The van der Waals surface area contributed by atoms with E-state index in [1.807, 2.05) is 36.4 Å². The third-order valence-corrected chi connectivity index (χ3v) is 6.85. The number of aromatic nitrogens is 1. The highest BCUT2D eigenvalue weighted by molar-refractivity contribution is 6.24. The average Bonchev–Trinajstić information content (AvgIpc) is 3.37. The van der Waals surface area contributed by atoms with Crippen LogP contribution in [0.25, 0.3) is 10.9 Å². The second-order valence-electron chi connectivity index (χ2n) is 8.05. The van der Waals surface area contributed by atoms with Gasteiger partial charge in [-0.25, -0.2) is 4.90 Å². The van der Waals surface area contributed by atoms with E-state index >= 15 is 0 Å². The minimum absolute atomic E-state index is 0.0163. The molecule has 4 atom stereocenters. The van der Waals surface area contributed by atoms with Crippen LogP contribution in [0.5, 0.6) is 0 Å². The third kappa shape index (κ3) is 1.88. The summed E-state index contributed by atoms with van der Waals surface area (Å²) in [7, 11) is 0. The third-order valence-electron chi connectivity index (χ3n) is 6.85. The maximum Gasteiger partial charge on any atom is 0.243 e. The Labute approximate surface area is 157 Å². The minimum atomic E-state index is -0.376. The lowest BCUT2D eigenvalue weighted by molar-refractivity contribution is -0.123. The number of imide groups is 1. The quantitative estimate of drug-likeness (QED) is 0.660. The Morgan fingerprint density at radius 3 is 2.52 bits per heavy atom. The molecule has 0 bridgehead atoms. The van der Waals surface area contributed by atoms with Crippen molar-refractivity contribution in [3.8, 4) is 0 Å². The molecule has 2 amide bonds. The number of aromatic amines is 1. The number of benzene rings is 2. The van der Waals surface area contributed by atoms with Gasteiger partial charge in [-0.15, -0.1) is 0 Å². The van der Waals surface area contributed by atoms with Gasteiger partial charge in [0.2, 0.25) is 11.8 Å². The first-order valence-corrected chi connectivity index (χ1v) is 9.79. The Hall–Kier alpha value is -2.88. The number of anilines is 1. The van der Waals surface area contributed by atoms with Gasteiger partial charge in [-0.05, 0) is 48.4 Å². The van der Waals surface area contributed by atoms with Gasteiger partial charge in [0.05, 0.1) is 17.5 Å². The second kappa shape index (κ2) is 5.32. The SMILES string of the molecule is O=C1[C@H]2[C@H]3CCC[C@@H]3c3c([nH]c4ccccc34)[C@@H]2C(=O)N1c1ccccc1. The predicted molar refractivity (Wildman–Crippen MR) is 104 cm³/mol. The number of fused-ring (bicyclic) bond motifs is 8. The van der Waals surface area contributed by atoms with Gasteiger partial charge in [-0.2, -0.15) is 0 Å². The van der Waals surface area contributed by atoms with Crippen LogP contribution in [0, 0.1) is 11.8 Å². The van der Waals surface area contributed by atoms with E-state index in [2.05, 4.69) is 23.2 Å². The summed E-state index contributed by atoms with van der Waals surface area (Å²) in [5.74, 6) is -0.0475. The van der Waals surface area contributed by atoms with E-state index in [0.29, 0.717) is 11.6 Å². The number of nitrogens with zero attached hydrogens (tertiary/aromatic N) is 1. The zero-order valence-corrected chi connectivity index (χ0v) is 14.9. The van der Waals surface area contributed by atoms with Crippen molar-refractivity contribution in [1.29, 1.82) is 0 Å². The first-order chi connectivity index (χ1) is 13.3. The van der Waals surface area contributed by atoms with Crippen molar-refractivity contribution >= 4 is 28.4 Å². The van der Waals surface area contributed by atoms with Crippen molar-refractivity contribution in [3.05, 3.63) is 65.9 Å². The summed E-state index contributed by atoms with van der Waals surface area (Å²) in [4.78, 5) is 31.8. The van der Waals surface area contributed by atoms with Crippen molar-refractivity contribution in [3.63, 3.8) is 0 Å². The molecule has 134 valence electrons. The Kier molecular flexibility index (Phi) is 2.99. The highest BCUT2D eigenvalue weighted by atomic mass is 16.2. The molecule has 1 aliphatic heterocycles. The number of hydrogen-bond donors (Lipinski definition) is 1. The Morgan fingerprint density at radius 1 is 0.889 bits per heavy atom. The summed E-state index contributed by atoms with van der Waals surface area (Å²) in [6, 6.07) is 17.7. The van der Waals surface area contributed by atoms with Crippen molar-refractivity contribution in [2.24, 2.45) is 11.8 Å². The zero-order valence-electron chi connectivity index (χ0n) is 14.9. The zero-order chi connectivity index (χ0) is 18.1. The number of carbonyl (C=O) groups is 2. The lowest BCUT2D eigenvalue weighted by atomic mass is 9.67. The molecule has 3 aromatic rings. The van der Waals surface area contributed by atoms with Crippen molar-refractivity contribution < 1.29 is 9.59 Å². The predicted octanol–water partition coefficient (Wildman–Crippen LogP) is 4.34. The first kappa shape index (κ1) is 15.2. The molecule has 4 heteroatoms. The number of carbonyl (C=O) groups excluding carboxylic acids is 2. The Bertz CT molecular complexity index is 1080. The van der Waals surface area contributed by atoms with E-state index in [-0.39, 0.29) is 29.6 Å². The minimum Gasteiger partial charge on any atom is -0.357 e. The maximum absolute atomic E-state index is 13.5. The molecular weight excluding hydrogens is 336 g/mol. The summed E-state index contributed by atoms with van der Waals surface area (Å²) in [5.41, 5.74) is 4.05. The Balaban J connectivity index is 1.58. The molecule has 0 unspecified atom stereocenters. The monoisotopic (exact) mass is 356 g/mol. The fraction of sp³-hybridized carbons (Fsp3) is 0.304. The molecule has 2 aromatic carbocycles. The van der Waals surface area contributed by atoms with Gasteiger partial charge in [0, 0.05) is 16.6 Å². The lowest BCUT2D eigenvalue weighted by Crippen LogP contribution is -2.33. The molecule has 2 fully saturated rings. The number of hydrogen-bond acceptors (Lipinski definition) is 2. The number of amides is 2.